The van der Waals surface area contributed by atoms with Crippen LogP contribution in [0, 0.1) is 6.92 Å². The third-order valence-corrected chi connectivity index (χ3v) is 4.75. The number of rotatable bonds is 2. The highest BCUT2D eigenvalue weighted by molar-refractivity contribution is 7.13. The molecule has 1 aliphatic rings. The summed E-state index contributed by atoms with van der Waals surface area (Å²) >= 11 is 1.61. The van der Waals surface area contributed by atoms with Gasteiger partial charge in [0.15, 0.2) is 0 Å². The van der Waals surface area contributed by atoms with E-state index in [2.05, 4.69) is 17.2 Å². The second-order valence-electron chi connectivity index (χ2n) is 5.43. The van der Waals surface area contributed by atoms with Gasteiger partial charge in [-0.15, -0.1) is 11.3 Å². The van der Waals surface area contributed by atoms with E-state index in [9.17, 15) is 4.79 Å². The van der Waals surface area contributed by atoms with Crippen molar-refractivity contribution in [3.63, 3.8) is 0 Å². The third-order valence-electron chi connectivity index (χ3n) is 3.74. The van der Waals surface area contributed by atoms with Gasteiger partial charge in [0.1, 0.15) is 5.01 Å². The van der Waals surface area contributed by atoms with Crippen LogP contribution in [0.15, 0.2) is 29.6 Å². The van der Waals surface area contributed by atoms with E-state index in [-0.39, 0.29) is 11.9 Å². The molecule has 0 saturated carbocycles. The molecule has 1 fully saturated rings. The fraction of sp³-hybridized carbons (Fsp3) is 0.375. The maximum atomic E-state index is 12.7. The van der Waals surface area contributed by atoms with Crippen molar-refractivity contribution in [2.75, 3.05) is 19.6 Å². The zero-order valence-electron chi connectivity index (χ0n) is 12.3. The summed E-state index contributed by atoms with van der Waals surface area (Å²) in [4.78, 5) is 19.1. The van der Waals surface area contributed by atoms with Gasteiger partial charge in [-0.3, -0.25) is 4.79 Å². The molecule has 21 heavy (non-hydrogen) atoms. The van der Waals surface area contributed by atoms with Crippen molar-refractivity contribution in [2.45, 2.75) is 19.9 Å². The number of amides is 1. The van der Waals surface area contributed by atoms with Gasteiger partial charge in [-0.2, -0.15) is 0 Å². The average molecular weight is 301 g/mol. The van der Waals surface area contributed by atoms with Gasteiger partial charge in [-0.25, -0.2) is 4.98 Å². The Hall–Kier alpha value is -1.72. The molecule has 110 valence electrons. The van der Waals surface area contributed by atoms with Crippen molar-refractivity contribution < 1.29 is 4.79 Å². The van der Waals surface area contributed by atoms with Crippen molar-refractivity contribution in [3.05, 3.63) is 40.9 Å². The zero-order chi connectivity index (χ0) is 14.8. The number of benzene rings is 1. The first-order chi connectivity index (χ1) is 10.1. The first kappa shape index (κ1) is 14.2. The minimum absolute atomic E-state index is 0.110. The highest BCUT2D eigenvalue weighted by atomic mass is 32.1. The van der Waals surface area contributed by atoms with Gasteiger partial charge in [0.2, 0.25) is 0 Å². The lowest BCUT2D eigenvalue weighted by molar-refractivity contribution is 0.0656. The van der Waals surface area contributed by atoms with E-state index in [0.717, 1.165) is 41.5 Å². The molecule has 0 radical (unpaired) electrons. The monoisotopic (exact) mass is 301 g/mol. The van der Waals surface area contributed by atoms with E-state index >= 15 is 0 Å². The van der Waals surface area contributed by atoms with Gasteiger partial charge in [-0.1, -0.05) is 12.1 Å². The van der Waals surface area contributed by atoms with Crippen LogP contribution in [0.5, 0.6) is 0 Å². The molecule has 2 aromatic rings. The van der Waals surface area contributed by atoms with Crippen LogP contribution in [0.4, 0.5) is 0 Å². The maximum Gasteiger partial charge on any atom is 0.254 e. The Kier molecular flexibility index (Phi) is 4.03. The number of nitrogens with zero attached hydrogens (tertiary/aromatic N) is 2. The third kappa shape index (κ3) is 2.99. The quantitative estimate of drug-likeness (QED) is 0.927. The van der Waals surface area contributed by atoms with Crippen molar-refractivity contribution in [2.24, 2.45) is 0 Å². The molecule has 1 atom stereocenters. The van der Waals surface area contributed by atoms with Crippen LogP contribution in [0.1, 0.15) is 23.0 Å². The fourth-order valence-corrected chi connectivity index (χ4v) is 3.38. The van der Waals surface area contributed by atoms with Gasteiger partial charge in [-0.05, 0) is 26.0 Å². The molecular formula is C16H19N3OS. The Bertz CT molecular complexity index is 652. The summed E-state index contributed by atoms with van der Waals surface area (Å²) in [5.41, 5.74) is 2.78. The van der Waals surface area contributed by atoms with Crippen LogP contribution < -0.4 is 5.32 Å². The SMILES string of the molecule is Cc1csc(-c2cccc(C(=O)N3CCNC[C@H]3C)c2)n1. The van der Waals surface area contributed by atoms with Gasteiger partial charge in [0.05, 0.1) is 0 Å². The molecule has 1 aromatic carbocycles. The van der Waals surface area contributed by atoms with Crippen LogP contribution >= 0.6 is 11.3 Å². The van der Waals surface area contributed by atoms with Crippen LogP contribution in [0.3, 0.4) is 0 Å². The topological polar surface area (TPSA) is 45.2 Å². The van der Waals surface area contributed by atoms with E-state index in [1.54, 1.807) is 11.3 Å². The summed E-state index contributed by atoms with van der Waals surface area (Å²) in [6.45, 7) is 6.55. The molecule has 1 N–H and O–H groups in total. The number of carbonyl (C=O) groups excluding carboxylic acids is 1. The minimum Gasteiger partial charge on any atom is -0.333 e. The summed E-state index contributed by atoms with van der Waals surface area (Å²) in [5.74, 6) is 0.110. The molecule has 1 saturated heterocycles. The fourth-order valence-electron chi connectivity index (χ4n) is 2.58. The van der Waals surface area contributed by atoms with Crippen LogP contribution in [0.25, 0.3) is 10.6 Å². The molecule has 0 unspecified atom stereocenters. The number of hydrogen-bond acceptors (Lipinski definition) is 4. The number of carbonyl (C=O) groups is 1. The minimum atomic E-state index is 0.110. The molecule has 0 bridgehead atoms. The van der Waals surface area contributed by atoms with Crippen LogP contribution in [-0.4, -0.2) is 41.5 Å². The summed E-state index contributed by atoms with van der Waals surface area (Å²) < 4.78 is 0. The first-order valence-corrected chi connectivity index (χ1v) is 8.07. The first-order valence-electron chi connectivity index (χ1n) is 7.19. The Morgan fingerprint density at radius 1 is 1.48 bits per heavy atom. The standard InChI is InChI=1S/C16H19N3OS/c1-11-10-21-15(18-11)13-4-3-5-14(8-13)16(20)19-7-6-17-9-12(19)2/h3-5,8,10,12,17H,6-7,9H2,1-2H3/t12-/m1/s1. The van der Waals surface area contributed by atoms with E-state index in [0.29, 0.717) is 0 Å². The number of aromatic nitrogens is 1. The van der Waals surface area contributed by atoms with Crippen molar-refractivity contribution in [1.29, 1.82) is 0 Å². The maximum absolute atomic E-state index is 12.7. The molecular weight excluding hydrogens is 282 g/mol. The molecule has 1 aliphatic heterocycles. The van der Waals surface area contributed by atoms with Gasteiger partial charge in [0, 0.05) is 47.9 Å². The largest absolute Gasteiger partial charge is 0.333 e. The smallest absolute Gasteiger partial charge is 0.254 e. The van der Waals surface area contributed by atoms with Gasteiger partial charge < -0.3 is 10.2 Å². The molecule has 0 spiro atoms. The van der Waals surface area contributed by atoms with E-state index < -0.39 is 0 Å². The molecule has 5 heteroatoms. The lowest BCUT2D eigenvalue weighted by Gasteiger charge is -2.34. The van der Waals surface area contributed by atoms with Crippen LogP contribution in [0.2, 0.25) is 0 Å². The Morgan fingerprint density at radius 3 is 3.05 bits per heavy atom. The second kappa shape index (κ2) is 5.95. The summed E-state index contributed by atoms with van der Waals surface area (Å²) in [7, 11) is 0. The second-order valence-corrected chi connectivity index (χ2v) is 6.28. The van der Waals surface area contributed by atoms with E-state index in [1.165, 1.54) is 0 Å². The molecule has 0 aliphatic carbocycles. The molecule has 1 aromatic heterocycles. The van der Waals surface area contributed by atoms with Gasteiger partial charge >= 0.3 is 0 Å². The van der Waals surface area contributed by atoms with Crippen molar-refractivity contribution in [3.8, 4) is 10.6 Å². The lowest BCUT2D eigenvalue weighted by Crippen LogP contribution is -2.52. The summed E-state index contributed by atoms with van der Waals surface area (Å²) in [6, 6.07) is 8.02. The number of hydrogen-bond donors (Lipinski definition) is 1. The zero-order valence-corrected chi connectivity index (χ0v) is 13.1. The number of thiazole rings is 1. The normalized spacial score (nSPS) is 18.8. The lowest BCUT2D eigenvalue weighted by atomic mass is 10.1. The molecule has 4 nitrogen and oxygen atoms in total. The van der Waals surface area contributed by atoms with Crippen molar-refractivity contribution in [1.82, 2.24) is 15.2 Å². The number of aryl methyl sites for hydroxylation is 1. The highest BCUT2D eigenvalue weighted by Gasteiger charge is 2.24. The highest BCUT2D eigenvalue weighted by Crippen LogP contribution is 2.25. The Balaban J connectivity index is 1.87. The number of piperazine rings is 1. The average Bonchev–Trinajstić information content (AvgIpc) is 2.94. The molecule has 3 rings (SSSR count). The summed E-state index contributed by atoms with van der Waals surface area (Å²) in [6.07, 6.45) is 0. The van der Waals surface area contributed by atoms with E-state index in [4.69, 9.17) is 0 Å². The van der Waals surface area contributed by atoms with E-state index in [1.807, 2.05) is 41.5 Å². The summed E-state index contributed by atoms with van der Waals surface area (Å²) in [5, 5.41) is 6.31. The molecule has 2 heterocycles. The Morgan fingerprint density at radius 2 is 2.33 bits per heavy atom. The predicted octanol–water partition coefficient (Wildman–Crippen LogP) is 2.55. The van der Waals surface area contributed by atoms with Crippen molar-refractivity contribution >= 4 is 17.2 Å². The predicted molar refractivity (Wildman–Crippen MR) is 85.7 cm³/mol. The van der Waals surface area contributed by atoms with Gasteiger partial charge in [0.25, 0.3) is 5.91 Å². The van der Waals surface area contributed by atoms with Crippen LogP contribution in [-0.2, 0) is 0 Å². The molecule has 1 amide bonds. The Labute approximate surface area is 128 Å². The number of nitrogens with one attached hydrogen (secondary N) is 1.